The van der Waals surface area contributed by atoms with Gasteiger partial charge in [-0.3, -0.25) is 4.39 Å². The zero-order chi connectivity index (χ0) is 15.9. The molecule has 22 heavy (non-hydrogen) atoms. The van der Waals surface area contributed by atoms with Crippen LogP contribution in [0.4, 0.5) is 13.2 Å². The molecule has 0 aliphatic heterocycles. The molecule has 0 aliphatic carbocycles. The molecule has 0 heterocycles. The lowest BCUT2D eigenvalue weighted by Gasteiger charge is -2.12. The van der Waals surface area contributed by atoms with Gasteiger partial charge in [0.1, 0.15) is 0 Å². The van der Waals surface area contributed by atoms with Gasteiger partial charge in [0, 0.05) is 5.56 Å². The van der Waals surface area contributed by atoms with E-state index in [1.807, 2.05) is 0 Å². The average Bonchev–Trinajstić information content (AvgIpc) is 2.55. The van der Waals surface area contributed by atoms with Crippen molar-refractivity contribution in [2.75, 3.05) is 13.3 Å². The molecule has 0 saturated heterocycles. The number of hydrogen-bond donors (Lipinski definition) is 1. The van der Waals surface area contributed by atoms with Crippen molar-refractivity contribution >= 4 is 0 Å². The van der Waals surface area contributed by atoms with Gasteiger partial charge >= 0.3 is 0 Å². The van der Waals surface area contributed by atoms with Crippen LogP contribution in [0.25, 0.3) is 11.1 Å². The first-order valence-electron chi connectivity index (χ1n) is 7.05. The minimum atomic E-state index is -1.08. The van der Waals surface area contributed by atoms with Gasteiger partial charge in [-0.2, -0.15) is 4.39 Å². The molecule has 2 aromatic carbocycles. The number of rotatable bonds is 7. The standard InChI is InChI=1S/C17H17F3O2/c18-9-3-4-10-22-15-8-7-14(16(19)17(15)20)13-6-2-1-5-12(13)11-21/h1-2,5-8,21H,3-4,9-11H2. The van der Waals surface area contributed by atoms with Gasteiger partial charge in [-0.05, 0) is 36.1 Å². The van der Waals surface area contributed by atoms with Crippen molar-refractivity contribution in [3.05, 3.63) is 53.6 Å². The summed E-state index contributed by atoms with van der Waals surface area (Å²) in [6.45, 7) is -0.595. The SMILES string of the molecule is OCc1ccccc1-c1ccc(OCCCCF)c(F)c1F. The zero-order valence-corrected chi connectivity index (χ0v) is 12.0. The second-order valence-corrected chi connectivity index (χ2v) is 4.80. The van der Waals surface area contributed by atoms with Crippen LogP contribution in [0.3, 0.4) is 0 Å². The summed E-state index contributed by atoms with van der Waals surface area (Å²) in [5.74, 6) is -2.30. The highest BCUT2D eigenvalue weighted by Gasteiger charge is 2.17. The van der Waals surface area contributed by atoms with Gasteiger partial charge in [-0.1, -0.05) is 24.3 Å². The van der Waals surface area contributed by atoms with Crippen LogP contribution in [0.15, 0.2) is 36.4 Å². The number of aliphatic hydroxyl groups excluding tert-OH is 1. The molecule has 0 fully saturated rings. The lowest BCUT2D eigenvalue weighted by molar-refractivity contribution is 0.279. The monoisotopic (exact) mass is 310 g/mol. The Morgan fingerprint density at radius 1 is 0.909 bits per heavy atom. The third-order valence-corrected chi connectivity index (χ3v) is 3.31. The van der Waals surface area contributed by atoms with E-state index in [9.17, 15) is 18.3 Å². The van der Waals surface area contributed by atoms with Crippen molar-refractivity contribution in [2.45, 2.75) is 19.4 Å². The Morgan fingerprint density at radius 2 is 1.68 bits per heavy atom. The summed E-state index contributed by atoms with van der Waals surface area (Å²) >= 11 is 0. The van der Waals surface area contributed by atoms with Crippen LogP contribution in [-0.2, 0) is 6.61 Å². The summed E-state index contributed by atoms with van der Waals surface area (Å²) in [6.07, 6.45) is 0.763. The van der Waals surface area contributed by atoms with E-state index in [1.54, 1.807) is 24.3 Å². The summed E-state index contributed by atoms with van der Waals surface area (Å²) < 4.78 is 45.4. The number of halogens is 3. The fourth-order valence-corrected chi connectivity index (χ4v) is 2.15. The molecule has 0 amide bonds. The highest BCUT2D eigenvalue weighted by Crippen LogP contribution is 2.31. The van der Waals surface area contributed by atoms with E-state index in [0.29, 0.717) is 24.0 Å². The van der Waals surface area contributed by atoms with Crippen molar-refractivity contribution in [1.82, 2.24) is 0 Å². The largest absolute Gasteiger partial charge is 0.490 e. The molecule has 0 spiro atoms. The Morgan fingerprint density at radius 3 is 2.41 bits per heavy atom. The fraction of sp³-hybridized carbons (Fsp3) is 0.294. The average molecular weight is 310 g/mol. The van der Waals surface area contributed by atoms with Gasteiger partial charge < -0.3 is 9.84 Å². The van der Waals surface area contributed by atoms with Crippen molar-refractivity contribution < 1.29 is 23.0 Å². The number of aliphatic hydroxyl groups is 1. The number of benzene rings is 2. The molecule has 0 aromatic heterocycles. The molecule has 0 unspecified atom stereocenters. The van der Waals surface area contributed by atoms with Crippen LogP contribution in [0.5, 0.6) is 5.75 Å². The van der Waals surface area contributed by atoms with E-state index < -0.39 is 18.3 Å². The smallest absolute Gasteiger partial charge is 0.201 e. The first-order valence-corrected chi connectivity index (χ1v) is 7.05. The Hall–Kier alpha value is -2.01. The molecule has 0 saturated carbocycles. The molecule has 2 nitrogen and oxygen atoms in total. The molecule has 5 heteroatoms. The molecule has 0 radical (unpaired) electrons. The first-order chi connectivity index (χ1) is 10.7. The molecule has 2 aromatic rings. The number of unbranched alkanes of at least 4 members (excludes halogenated alkanes) is 1. The Labute approximate surface area is 127 Å². The summed E-state index contributed by atoms with van der Waals surface area (Å²) in [5, 5.41) is 9.29. The number of ether oxygens (including phenoxy) is 1. The zero-order valence-electron chi connectivity index (χ0n) is 12.0. The topological polar surface area (TPSA) is 29.5 Å². The molecule has 0 bridgehead atoms. The van der Waals surface area contributed by atoms with E-state index in [1.165, 1.54) is 12.1 Å². The Balaban J connectivity index is 2.26. The van der Waals surface area contributed by atoms with Crippen LogP contribution in [-0.4, -0.2) is 18.4 Å². The minimum Gasteiger partial charge on any atom is -0.490 e. The maximum Gasteiger partial charge on any atom is 0.201 e. The Bertz CT molecular complexity index is 629. The number of hydrogen-bond acceptors (Lipinski definition) is 2. The molecule has 2 rings (SSSR count). The van der Waals surface area contributed by atoms with Crippen molar-refractivity contribution in [1.29, 1.82) is 0 Å². The van der Waals surface area contributed by atoms with Crippen LogP contribution in [0.1, 0.15) is 18.4 Å². The van der Waals surface area contributed by atoms with E-state index >= 15 is 0 Å². The van der Waals surface area contributed by atoms with E-state index in [4.69, 9.17) is 4.74 Å². The third-order valence-electron chi connectivity index (χ3n) is 3.31. The van der Waals surface area contributed by atoms with E-state index in [2.05, 4.69) is 0 Å². The third kappa shape index (κ3) is 3.60. The molecular weight excluding hydrogens is 293 g/mol. The van der Waals surface area contributed by atoms with Gasteiger partial charge in [-0.15, -0.1) is 0 Å². The van der Waals surface area contributed by atoms with Crippen molar-refractivity contribution in [3.63, 3.8) is 0 Å². The predicted molar refractivity (Wildman–Crippen MR) is 78.4 cm³/mol. The predicted octanol–water partition coefficient (Wildman–Crippen LogP) is 4.25. The minimum absolute atomic E-state index is 0.0678. The van der Waals surface area contributed by atoms with Crippen LogP contribution >= 0.6 is 0 Å². The highest BCUT2D eigenvalue weighted by atomic mass is 19.2. The maximum absolute atomic E-state index is 14.2. The fourth-order valence-electron chi connectivity index (χ4n) is 2.15. The van der Waals surface area contributed by atoms with Crippen molar-refractivity contribution in [2.24, 2.45) is 0 Å². The van der Waals surface area contributed by atoms with Gasteiger partial charge in [0.05, 0.1) is 19.9 Å². The summed E-state index contributed by atoms with van der Waals surface area (Å²) in [7, 11) is 0. The summed E-state index contributed by atoms with van der Waals surface area (Å²) in [6, 6.07) is 9.42. The second-order valence-electron chi connectivity index (χ2n) is 4.80. The molecule has 0 atom stereocenters. The van der Waals surface area contributed by atoms with Gasteiger partial charge in [0.15, 0.2) is 11.6 Å². The lowest BCUT2D eigenvalue weighted by Crippen LogP contribution is -2.02. The molecule has 0 aliphatic rings. The Kier molecular flexibility index (Phi) is 5.83. The molecule has 118 valence electrons. The van der Waals surface area contributed by atoms with Crippen molar-refractivity contribution in [3.8, 4) is 16.9 Å². The highest BCUT2D eigenvalue weighted by molar-refractivity contribution is 5.68. The second kappa shape index (κ2) is 7.84. The van der Waals surface area contributed by atoms with Gasteiger partial charge in [-0.25, -0.2) is 4.39 Å². The first kappa shape index (κ1) is 16.4. The van der Waals surface area contributed by atoms with Crippen LogP contribution in [0, 0.1) is 11.6 Å². The number of alkyl halides is 1. The summed E-state index contributed by atoms with van der Waals surface area (Å²) in [5.41, 5.74) is 1.01. The van der Waals surface area contributed by atoms with Gasteiger partial charge in [0.25, 0.3) is 0 Å². The normalized spacial score (nSPS) is 10.7. The lowest BCUT2D eigenvalue weighted by atomic mass is 9.99. The molecule has 1 N–H and O–H groups in total. The summed E-state index contributed by atoms with van der Waals surface area (Å²) in [4.78, 5) is 0. The van der Waals surface area contributed by atoms with Crippen LogP contribution < -0.4 is 4.74 Å². The van der Waals surface area contributed by atoms with Crippen LogP contribution in [0.2, 0.25) is 0 Å². The quantitative estimate of drug-likeness (QED) is 0.775. The van der Waals surface area contributed by atoms with Gasteiger partial charge in [0.2, 0.25) is 5.82 Å². The van der Waals surface area contributed by atoms with E-state index in [0.717, 1.165) is 0 Å². The molecular formula is C17H17F3O2. The van der Waals surface area contributed by atoms with E-state index in [-0.39, 0.29) is 24.5 Å². The maximum atomic E-state index is 14.2.